The van der Waals surface area contributed by atoms with Gasteiger partial charge in [-0.1, -0.05) is 0 Å². The molecule has 0 aliphatic heterocycles. The number of methoxy groups -OCH3 is 1. The number of phenols is 1. The van der Waals surface area contributed by atoms with Crippen molar-refractivity contribution >= 4 is 44.0 Å². The van der Waals surface area contributed by atoms with Crippen LogP contribution >= 0.6 is 33.9 Å². The summed E-state index contributed by atoms with van der Waals surface area (Å²) in [4.78, 5) is 0. The average molecular weight is 306 g/mol. The minimum atomic E-state index is 0.281. The molecule has 2 aromatic rings. The number of aromatic hydroxyl groups is 1. The molecule has 1 aromatic heterocycles. The van der Waals surface area contributed by atoms with Crippen molar-refractivity contribution in [1.29, 1.82) is 0 Å². The molecule has 0 aliphatic rings. The van der Waals surface area contributed by atoms with Gasteiger partial charge >= 0.3 is 0 Å². The SMILES string of the molecule is COc1cc(O)c(I)c2ccsc12. The van der Waals surface area contributed by atoms with Crippen LogP contribution in [0.25, 0.3) is 10.1 Å². The minimum absolute atomic E-state index is 0.281. The Morgan fingerprint density at radius 3 is 3.00 bits per heavy atom. The van der Waals surface area contributed by atoms with Gasteiger partial charge in [0.2, 0.25) is 0 Å². The van der Waals surface area contributed by atoms with Crippen LogP contribution in [-0.4, -0.2) is 12.2 Å². The lowest BCUT2D eigenvalue weighted by Gasteiger charge is -2.04. The topological polar surface area (TPSA) is 29.5 Å². The van der Waals surface area contributed by atoms with Crippen LogP contribution in [-0.2, 0) is 0 Å². The molecule has 0 amide bonds. The van der Waals surface area contributed by atoms with E-state index in [1.54, 1.807) is 24.5 Å². The van der Waals surface area contributed by atoms with Crippen molar-refractivity contribution < 1.29 is 9.84 Å². The van der Waals surface area contributed by atoms with Crippen molar-refractivity contribution in [2.75, 3.05) is 7.11 Å². The average Bonchev–Trinajstić information content (AvgIpc) is 2.60. The molecule has 0 fully saturated rings. The fraction of sp³-hybridized carbons (Fsp3) is 0.111. The molecule has 0 atom stereocenters. The molecule has 0 spiro atoms. The van der Waals surface area contributed by atoms with Crippen molar-refractivity contribution in [2.45, 2.75) is 0 Å². The molecule has 1 N–H and O–H groups in total. The molecule has 4 heteroatoms. The van der Waals surface area contributed by atoms with Crippen LogP contribution in [0.4, 0.5) is 0 Å². The number of phenolic OH excluding ortho intramolecular Hbond substituents is 1. The summed E-state index contributed by atoms with van der Waals surface area (Å²) in [5.41, 5.74) is 0. The zero-order valence-corrected chi connectivity index (χ0v) is 9.85. The number of thiophene rings is 1. The maximum Gasteiger partial charge on any atom is 0.140 e. The Balaban J connectivity index is 2.87. The van der Waals surface area contributed by atoms with Gasteiger partial charge in [0.15, 0.2) is 0 Å². The van der Waals surface area contributed by atoms with Crippen molar-refractivity contribution in [3.63, 3.8) is 0 Å². The first-order valence-electron chi connectivity index (χ1n) is 3.66. The van der Waals surface area contributed by atoms with Gasteiger partial charge in [-0.3, -0.25) is 0 Å². The summed E-state index contributed by atoms with van der Waals surface area (Å²) >= 11 is 3.75. The number of halogens is 1. The van der Waals surface area contributed by atoms with Crippen LogP contribution in [0.3, 0.4) is 0 Å². The monoisotopic (exact) mass is 306 g/mol. The summed E-state index contributed by atoms with van der Waals surface area (Å²) in [6.07, 6.45) is 0. The Hall–Kier alpha value is -0.490. The lowest BCUT2D eigenvalue weighted by molar-refractivity contribution is 0.413. The predicted molar refractivity (Wildman–Crippen MR) is 62.8 cm³/mol. The van der Waals surface area contributed by atoms with Gasteiger partial charge < -0.3 is 9.84 Å². The third-order valence-corrected chi connectivity index (χ3v) is 3.90. The lowest BCUT2D eigenvalue weighted by atomic mass is 10.2. The molecule has 1 heterocycles. The van der Waals surface area contributed by atoms with Gasteiger partial charge in [-0.15, -0.1) is 11.3 Å². The number of hydrogen-bond donors (Lipinski definition) is 1. The molecule has 1 aromatic carbocycles. The lowest BCUT2D eigenvalue weighted by Crippen LogP contribution is -1.84. The quantitative estimate of drug-likeness (QED) is 0.820. The fourth-order valence-corrected chi connectivity index (χ4v) is 2.90. The molecule has 0 saturated carbocycles. The Labute approximate surface area is 93.3 Å². The summed E-state index contributed by atoms with van der Waals surface area (Å²) in [5.74, 6) is 1.02. The van der Waals surface area contributed by atoms with Gasteiger partial charge in [0, 0.05) is 11.5 Å². The fourth-order valence-electron chi connectivity index (χ4n) is 1.22. The second-order valence-electron chi connectivity index (χ2n) is 2.58. The molecule has 0 saturated heterocycles. The van der Waals surface area contributed by atoms with E-state index in [1.165, 1.54) is 0 Å². The minimum Gasteiger partial charge on any atom is -0.507 e. The molecule has 0 unspecified atom stereocenters. The van der Waals surface area contributed by atoms with Crippen molar-refractivity contribution in [2.24, 2.45) is 0 Å². The van der Waals surface area contributed by atoms with Crippen molar-refractivity contribution in [3.05, 3.63) is 21.1 Å². The summed E-state index contributed by atoms with van der Waals surface area (Å²) in [7, 11) is 1.61. The van der Waals surface area contributed by atoms with Gasteiger partial charge in [-0.25, -0.2) is 0 Å². The zero-order valence-electron chi connectivity index (χ0n) is 6.87. The Bertz CT molecular complexity index is 450. The first-order valence-corrected chi connectivity index (χ1v) is 5.62. The second kappa shape index (κ2) is 3.34. The van der Waals surface area contributed by atoms with E-state index >= 15 is 0 Å². The van der Waals surface area contributed by atoms with E-state index in [-0.39, 0.29) is 5.75 Å². The maximum atomic E-state index is 9.56. The van der Waals surface area contributed by atoms with Crippen LogP contribution in [0.2, 0.25) is 0 Å². The first-order chi connectivity index (χ1) is 6.24. The van der Waals surface area contributed by atoms with Crippen LogP contribution in [0.1, 0.15) is 0 Å². The number of fused-ring (bicyclic) bond motifs is 1. The Morgan fingerprint density at radius 1 is 1.54 bits per heavy atom. The van der Waals surface area contributed by atoms with Crippen molar-refractivity contribution in [3.8, 4) is 11.5 Å². The van der Waals surface area contributed by atoms with Gasteiger partial charge in [0.05, 0.1) is 15.4 Å². The van der Waals surface area contributed by atoms with E-state index in [9.17, 15) is 5.11 Å². The predicted octanol–water partition coefficient (Wildman–Crippen LogP) is 3.22. The van der Waals surface area contributed by atoms with Gasteiger partial charge in [-0.05, 0) is 34.0 Å². The highest BCUT2D eigenvalue weighted by atomic mass is 127. The number of ether oxygens (including phenoxy) is 1. The summed E-state index contributed by atoms with van der Waals surface area (Å²) in [6, 6.07) is 3.64. The van der Waals surface area contributed by atoms with E-state index in [0.717, 1.165) is 19.4 Å². The first kappa shape index (κ1) is 9.08. The highest BCUT2D eigenvalue weighted by molar-refractivity contribution is 14.1. The van der Waals surface area contributed by atoms with Gasteiger partial charge in [0.1, 0.15) is 11.5 Å². The van der Waals surface area contributed by atoms with Gasteiger partial charge in [0.25, 0.3) is 0 Å². The smallest absolute Gasteiger partial charge is 0.140 e. The van der Waals surface area contributed by atoms with Gasteiger partial charge in [-0.2, -0.15) is 0 Å². The summed E-state index contributed by atoms with van der Waals surface area (Å²) < 4.78 is 7.14. The standard InChI is InChI=1S/C9H7IO2S/c1-12-7-4-6(11)8(10)5-2-3-13-9(5)7/h2-4,11H,1H3. The molecule has 0 radical (unpaired) electrons. The molecule has 0 bridgehead atoms. The number of rotatable bonds is 1. The molecule has 0 aliphatic carbocycles. The van der Waals surface area contributed by atoms with Crippen LogP contribution in [0, 0.1) is 3.57 Å². The molecule has 2 nitrogen and oxygen atoms in total. The maximum absolute atomic E-state index is 9.56. The molecule has 13 heavy (non-hydrogen) atoms. The Kier molecular flexibility index (Phi) is 2.33. The van der Waals surface area contributed by atoms with E-state index in [2.05, 4.69) is 22.6 Å². The largest absolute Gasteiger partial charge is 0.507 e. The summed E-state index contributed by atoms with van der Waals surface area (Å²) in [5, 5.41) is 12.6. The van der Waals surface area contributed by atoms with E-state index < -0.39 is 0 Å². The van der Waals surface area contributed by atoms with E-state index in [0.29, 0.717) is 0 Å². The third kappa shape index (κ3) is 1.38. The van der Waals surface area contributed by atoms with Crippen LogP contribution in [0.15, 0.2) is 17.5 Å². The van der Waals surface area contributed by atoms with Crippen molar-refractivity contribution in [1.82, 2.24) is 0 Å². The second-order valence-corrected chi connectivity index (χ2v) is 4.57. The molecule has 2 rings (SSSR count). The van der Waals surface area contributed by atoms with Crippen LogP contribution in [0.5, 0.6) is 11.5 Å². The number of hydrogen-bond acceptors (Lipinski definition) is 3. The Morgan fingerprint density at radius 2 is 2.31 bits per heavy atom. The summed E-state index contributed by atoms with van der Waals surface area (Å²) in [6.45, 7) is 0. The highest BCUT2D eigenvalue weighted by Gasteiger charge is 2.10. The number of benzene rings is 1. The van der Waals surface area contributed by atoms with E-state index in [1.807, 2.05) is 11.4 Å². The van der Waals surface area contributed by atoms with E-state index in [4.69, 9.17) is 4.74 Å². The zero-order chi connectivity index (χ0) is 9.42. The molecule has 68 valence electrons. The highest BCUT2D eigenvalue weighted by Crippen LogP contribution is 2.38. The normalized spacial score (nSPS) is 10.6. The molecular formula is C9H7IO2S. The third-order valence-electron chi connectivity index (χ3n) is 1.84. The molecular weight excluding hydrogens is 299 g/mol. The van der Waals surface area contributed by atoms with Crippen LogP contribution < -0.4 is 4.74 Å².